The second-order valence-electron chi connectivity index (χ2n) is 4.04. The lowest BCUT2D eigenvalue weighted by Gasteiger charge is -2.27. The Hall–Kier alpha value is -0.530. The number of nitrogens with zero attached hydrogens (tertiary/aromatic N) is 1. The Morgan fingerprint density at radius 1 is 1.38 bits per heavy atom. The van der Waals surface area contributed by atoms with Crippen molar-refractivity contribution in [3.05, 3.63) is 0 Å². The zero-order valence-corrected chi connectivity index (χ0v) is 8.92. The second-order valence-corrected chi connectivity index (χ2v) is 4.04. The predicted octanol–water partition coefficient (Wildman–Crippen LogP) is 2.58. The maximum atomic E-state index is 5.93. The number of aliphatic imine (C=N–C) groups is 1. The van der Waals surface area contributed by atoms with Gasteiger partial charge >= 0.3 is 0 Å². The van der Waals surface area contributed by atoms with E-state index in [-0.39, 0.29) is 0 Å². The molecule has 0 heterocycles. The summed E-state index contributed by atoms with van der Waals surface area (Å²) in [6.07, 6.45) is 6.56. The molecule has 76 valence electrons. The van der Waals surface area contributed by atoms with Crippen molar-refractivity contribution < 1.29 is 0 Å². The van der Waals surface area contributed by atoms with Gasteiger partial charge in [-0.05, 0) is 25.7 Å². The van der Waals surface area contributed by atoms with Gasteiger partial charge in [-0.2, -0.15) is 0 Å². The van der Waals surface area contributed by atoms with Crippen LogP contribution in [-0.2, 0) is 0 Å². The summed E-state index contributed by atoms with van der Waals surface area (Å²) in [7, 11) is 0. The van der Waals surface area contributed by atoms with Crippen LogP contribution in [0.5, 0.6) is 0 Å². The molecule has 0 amide bonds. The Labute approximate surface area is 81.6 Å². The van der Waals surface area contributed by atoms with E-state index >= 15 is 0 Å². The van der Waals surface area contributed by atoms with Crippen molar-refractivity contribution in [1.29, 1.82) is 0 Å². The van der Waals surface area contributed by atoms with E-state index in [0.29, 0.717) is 5.92 Å². The summed E-state index contributed by atoms with van der Waals surface area (Å²) in [6, 6.07) is 0. The van der Waals surface area contributed by atoms with Crippen molar-refractivity contribution in [2.24, 2.45) is 22.6 Å². The van der Waals surface area contributed by atoms with Gasteiger partial charge in [0.15, 0.2) is 0 Å². The molecule has 2 heteroatoms. The molecule has 0 spiro atoms. The summed E-state index contributed by atoms with van der Waals surface area (Å²) < 4.78 is 0. The van der Waals surface area contributed by atoms with E-state index in [2.05, 4.69) is 11.9 Å². The molecular formula is C11H22N2. The highest BCUT2D eigenvalue weighted by molar-refractivity contribution is 5.82. The van der Waals surface area contributed by atoms with Crippen molar-refractivity contribution in [2.45, 2.75) is 46.0 Å². The Morgan fingerprint density at radius 3 is 2.77 bits per heavy atom. The number of hydrogen-bond donors (Lipinski definition) is 1. The van der Waals surface area contributed by atoms with Crippen LogP contribution in [-0.4, -0.2) is 12.4 Å². The fraction of sp³-hybridized carbons (Fsp3) is 0.909. The summed E-state index contributed by atoms with van der Waals surface area (Å²) in [5.74, 6) is 2.38. The molecule has 1 fully saturated rings. The van der Waals surface area contributed by atoms with E-state index in [9.17, 15) is 0 Å². The maximum absolute atomic E-state index is 5.93. The first-order chi connectivity index (χ1) is 6.27. The highest BCUT2D eigenvalue weighted by Crippen LogP contribution is 2.30. The molecule has 1 saturated carbocycles. The van der Waals surface area contributed by atoms with Gasteiger partial charge in [-0.15, -0.1) is 0 Å². The Balaban J connectivity index is 2.46. The molecule has 1 rings (SSSR count). The number of nitrogens with two attached hydrogens (primary N) is 1. The summed E-state index contributed by atoms with van der Waals surface area (Å²) in [6.45, 7) is 5.16. The minimum absolute atomic E-state index is 0.582. The van der Waals surface area contributed by atoms with E-state index in [1.54, 1.807) is 0 Å². The monoisotopic (exact) mass is 182 g/mol. The van der Waals surface area contributed by atoms with Crippen LogP contribution in [0.1, 0.15) is 46.0 Å². The van der Waals surface area contributed by atoms with Crippen molar-refractivity contribution in [3.63, 3.8) is 0 Å². The van der Waals surface area contributed by atoms with Gasteiger partial charge in [0, 0.05) is 12.5 Å². The molecule has 2 atom stereocenters. The molecule has 0 radical (unpaired) electrons. The average molecular weight is 182 g/mol. The summed E-state index contributed by atoms with van der Waals surface area (Å²) in [5.41, 5.74) is 5.93. The molecular weight excluding hydrogens is 160 g/mol. The van der Waals surface area contributed by atoms with Crippen LogP contribution >= 0.6 is 0 Å². The zero-order chi connectivity index (χ0) is 9.68. The van der Waals surface area contributed by atoms with Gasteiger partial charge in [0.1, 0.15) is 0 Å². The third-order valence-corrected chi connectivity index (χ3v) is 3.12. The Kier molecular flexibility index (Phi) is 4.26. The van der Waals surface area contributed by atoms with Crippen LogP contribution < -0.4 is 5.73 Å². The minimum atomic E-state index is 0.582. The quantitative estimate of drug-likeness (QED) is 0.529. The maximum Gasteiger partial charge on any atom is 0.0968 e. The Bertz CT molecular complexity index is 175. The van der Waals surface area contributed by atoms with Crippen molar-refractivity contribution in [3.8, 4) is 0 Å². The van der Waals surface area contributed by atoms with Gasteiger partial charge in [0.05, 0.1) is 5.84 Å². The van der Waals surface area contributed by atoms with Gasteiger partial charge in [0.25, 0.3) is 0 Å². The van der Waals surface area contributed by atoms with Crippen molar-refractivity contribution in [2.75, 3.05) is 6.54 Å². The van der Waals surface area contributed by atoms with E-state index in [1.807, 2.05) is 6.92 Å². The topological polar surface area (TPSA) is 38.4 Å². The van der Waals surface area contributed by atoms with Gasteiger partial charge in [-0.1, -0.05) is 26.2 Å². The number of amidine groups is 1. The van der Waals surface area contributed by atoms with Gasteiger partial charge in [0.2, 0.25) is 0 Å². The van der Waals surface area contributed by atoms with E-state index in [1.165, 1.54) is 32.1 Å². The molecule has 2 N–H and O–H groups in total. The lowest BCUT2D eigenvalue weighted by Crippen LogP contribution is -2.29. The molecule has 0 aromatic heterocycles. The normalized spacial score (nSPS) is 30.5. The fourth-order valence-corrected chi connectivity index (χ4v) is 2.24. The molecule has 2 nitrogen and oxygen atoms in total. The van der Waals surface area contributed by atoms with E-state index in [0.717, 1.165) is 18.3 Å². The van der Waals surface area contributed by atoms with Gasteiger partial charge in [-0.3, -0.25) is 4.99 Å². The van der Waals surface area contributed by atoms with Crippen molar-refractivity contribution in [1.82, 2.24) is 0 Å². The van der Waals surface area contributed by atoms with Gasteiger partial charge in [-0.25, -0.2) is 0 Å². The zero-order valence-electron chi connectivity index (χ0n) is 8.92. The minimum Gasteiger partial charge on any atom is -0.387 e. The van der Waals surface area contributed by atoms with Gasteiger partial charge < -0.3 is 5.73 Å². The summed E-state index contributed by atoms with van der Waals surface area (Å²) in [5, 5.41) is 0. The third kappa shape index (κ3) is 3.02. The fourth-order valence-electron chi connectivity index (χ4n) is 2.24. The smallest absolute Gasteiger partial charge is 0.0968 e. The van der Waals surface area contributed by atoms with Crippen LogP contribution in [0.4, 0.5) is 0 Å². The SMILES string of the molecule is CCN=C(N)C1CCCC(CC)C1. The first-order valence-electron chi connectivity index (χ1n) is 5.57. The van der Waals surface area contributed by atoms with Crippen molar-refractivity contribution >= 4 is 5.84 Å². The van der Waals surface area contributed by atoms with Crippen LogP contribution in [0.25, 0.3) is 0 Å². The summed E-state index contributed by atoms with van der Waals surface area (Å²) >= 11 is 0. The molecule has 13 heavy (non-hydrogen) atoms. The second kappa shape index (κ2) is 5.25. The highest BCUT2D eigenvalue weighted by atomic mass is 14.9. The number of rotatable bonds is 3. The largest absolute Gasteiger partial charge is 0.387 e. The molecule has 0 aliphatic heterocycles. The molecule has 0 bridgehead atoms. The third-order valence-electron chi connectivity index (χ3n) is 3.12. The first kappa shape index (κ1) is 10.6. The van der Waals surface area contributed by atoms with Crippen LogP contribution in [0.2, 0.25) is 0 Å². The van der Waals surface area contributed by atoms with Crippen LogP contribution in [0, 0.1) is 11.8 Å². The molecule has 0 aromatic carbocycles. The lowest BCUT2D eigenvalue weighted by molar-refractivity contribution is 0.309. The molecule has 1 aliphatic rings. The molecule has 2 unspecified atom stereocenters. The average Bonchev–Trinajstić information content (AvgIpc) is 2.18. The van der Waals surface area contributed by atoms with Crippen LogP contribution in [0.15, 0.2) is 4.99 Å². The number of hydrogen-bond acceptors (Lipinski definition) is 1. The standard InChI is InChI=1S/C11H22N2/c1-3-9-6-5-7-10(8-9)11(12)13-4-2/h9-10H,3-8H2,1-2H3,(H2,12,13). The van der Waals surface area contributed by atoms with E-state index in [4.69, 9.17) is 5.73 Å². The Morgan fingerprint density at radius 2 is 2.15 bits per heavy atom. The van der Waals surface area contributed by atoms with E-state index < -0.39 is 0 Å². The molecule has 0 saturated heterocycles. The highest BCUT2D eigenvalue weighted by Gasteiger charge is 2.22. The summed E-state index contributed by atoms with van der Waals surface area (Å²) in [4.78, 5) is 4.31. The first-order valence-corrected chi connectivity index (χ1v) is 5.57. The van der Waals surface area contributed by atoms with Crippen LogP contribution in [0.3, 0.4) is 0 Å². The molecule has 0 aromatic rings. The predicted molar refractivity (Wildman–Crippen MR) is 57.9 cm³/mol. The molecule has 1 aliphatic carbocycles. The lowest BCUT2D eigenvalue weighted by atomic mass is 9.80.